The number of alkyl halides is 2. The fourth-order valence-corrected chi connectivity index (χ4v) is 1.02. The molecule has 0 aromatic heterocycles. The first-order valence-corrected chi connectivity index (χ1v) is 2.99. The smallest absolute Gasteiger partial charge is 0.116 e. The first-order valence-electron chi connectivity index (χ1n) is 2.99. The maximum atomic E-state index is 12.6. The summed E-state index contributed by atoms with van der Waals surface area (Å²) < 4.78 is 24.6. The highest BCUT2D eigenvalue weighted by Gasteiger charge is 2.43. The second-order valence-electron chi connectivity index (χ2n) is 2.51. The zero-order valence-corrected chi connectivity index (χ0v) is 4.95. The minimum Gasteiger partial charge on any atom is -0.247 e. The Hall–Kier alpha value is -0.140. The van der Waals surface area contributed by atoms with E-state index in [9.17, 15) is 8.78 Å². The highest BCUT2D eigenvalue weighted by molar-refractivity contribution is 4.93. The van der Waals surface area contributed by atoms with E-state index in [1.165, 1.54) is 0 Å². The Morgan fingerprint density at radius 3 is 2.25 bits per heavy atom. The van der Waals surface area contributed by atoms with E-state index in [2.05, 4.69) is 0 Å². The molecule has 0 aromatic carbocycles. The Bertz CT molecular complexity index is 84.5. The minimum absolute atomic E-state index is 0.128. The molecular weight excluding hydrogens is 110 g/mol. The van der Waals surface area contributed by atoms with E-state index >= 15 is 0 Å². The lowest BCUT2D eigenvalue weighted by molar-refractivity contribution is -0.0145. The van der Waals surface area contributed by atoms with Crippen molar-refractivity contribution >= 4 is 0 Å². The van der Waals surface area contributed by atoms with Gasteiger partial charge in [0.1, 0.15) is 11.8 Å². The predicted octanol–water partition coefficient (Wildman–Crippen LogP) is 2.24. The first kappa shape index (κ1) is 5.99. The number of hydrogen-bond acceptors (Lipinski definition) is 0. The van der Waals surface area contributed by atoms with Gasteiger partial charge in [-0.25, -0.2) is 8.78 Å². The topological polar surface area (TPSA) is 0 Å². The zero-order valence-electron chi connectivity index (χ0n) is 4.95. The summed E-state index contributed by atoms with van der Waals surface area (Å²) in [7, 11) is 0. The van der Waals surface area contributed by atoms with E-state index in [0.29, 0.717) is 6.42 Å². The molecule has 8 heavy (non-hydrogen) atoms. The zero-order chi connectivity index (χ0) is 6.20. The van der Waals surface area contributed by atoms with Gasteiger partial charge in [0.2, 0.25) is 0 Å². The van der Waals surface area contributed by atoms with E-state index in [4.69, 9.17) is 0 Å². The van der Waals surface area contributed by atoms with Crippen LogP contribution in [0.5, 0.6) is 0 Å². The maximum absolute atomic E-state index is 12.6. The average Bonchev–Trinajstić information content (AvgIpc) is 1.63. The van der Waals surface area contributed by atoms with Crippen molar-refractivity contribution in [3.63, 3.8) is 0 Å². The number of hydrogen-bond donors (Lipinski definition) is 0. The quantitative estimate of drug-likeness (QED) is 0.497. The van der Waals surface area contributed by atoms with Gasteiger partial charge in [0.25, 0.3) is 0 Å². The molecule has 0 aromatic rings. The summed E-state index contributed by atoms with van der Waals surface area (Å²) in [5, 5.41) is 0. The van der Waals surface area contributed by atoms with Crippen molar-refractivity contribution in [1.82, 2.24) is 0 Å². The molecule has 48 valence electrons. The molecular formula is C6H10F2. The molecule has 2 heteroatoms. The molecule has 0 amide bonds. The lowest BCUT2D eigenvalue weighted by atomic mass is 9.78. The summed E-state index contributed by atoms with van der Waals surface area (Å²) in [6.45, 7) is 1.76. The van der Waals surface area contributed by atoms with Crippen molar-refractivity contribution in [2.24, 2.45) is 0 Å². The molecule has 1 aliphatic rings. The van der Waals surface area contributed by atoms with Crippen LogP contribution in [0.1, 0.15) is 26.2 Å². The fourth-order valence-electron chi connectivity index (χ4n) is 1.02. The van der Waals surface area contributed by atoms with Gasteiger partial charge in [-0.2, -0.15) is 0 Å². The molecule has 0 spiro atoms. The molecule has 0 saturated heterocycles. The van der Waals surface area contributed by atoms with Gasteiger partial charge < -0.3 is 0 Å². The first-order chi connectivity index (χ1) is 3.66. The van der Waals surface area contributed by atoms with E-state index in [1.54, 1.807) is 6.92 Å². The fraction of sp³-hybridized carbons (Fsp3) is 1.00. The highest BCUT2D eigenvalue weighted by Crippen LogP contribution is 2.40. The molecule has 0 nitrogen and oxygen atoms in total. The van der Waals surface area contributed by atoms with E-state index in [0.717, 1.165) is 0 Å². The van der Waals surface area contributed by atoms with Crippen LogP contribution in [0.25, 0.3) is 0 Å². The molecule has 1 aliphatic carbocycles. The van der Waals surface area contributed by atoms with Crippen molar-refractivity contribution < 1.29 is 8.78 Å². The van der Waals surface area contributed by atoms with Crippen LogP contribution in [0.15, 0.2) is 0 Å². The van der Waals surface area contributed by atoms with Gasteiger partial charge in [0.05, 0.1) is 0 Å². The van der Waals surface area contributed by atoms with Crippen molar-refractivity contribution in [1.29, 1.82) is 0 Å². The Morgan fingerprint density at radius 1 is 1.62 bits per heavy atom. The number of halogens is 2. The Kier molecular flexibility index (Phi) is 1.25. The lowest BCUT2D eigenvalue weighted by Gasteiger charge is -2.35. The van der Waals surface area contributed by atoms with Gasteiger partial charge >= 0.3 is 0 Å². The van der Waals surface area contributed by atoms with Crippen LogP contribution >= 0.6 is 0 Å². The second-order valence-corrected chi connectivity index (χ2v) is 2.51. The SMILES string of the molecule is CCC1(F)CC(F)C1. The molecule has 0 atom stereocenters. The normalized spacial score (nSPS) is 46.1. The Balaban J connectivity index is 2.30. The predicted molar refractivity (Wildman–Crippen MR) is 28.3 cm³/mol. The van der Waals surface area contributed by atoms with Crippen molar-refractivity contribution in [2.75, 3.05) is 0 Å². The monoisotopic (exact) mass is 120 g/mol. The van der Waals surface area contributed by atoms with E-state index < -0.39 is 11.8 Å². The standard InChI is InChI=1S/C6H10F2/c1-2-6(8)3-5(7)4-6/h5H,2-4H2,1H3. The molecule has 1 rings (SSSR count). The Morgan fingerprint density at radius 2 is 2.12 bits per heavy atom. The van der Waals surface area contributed by atoms with E-state index in [1.807, 2.05) is 0 Å². The average molecular weight is 120 g/mol. The van der Waals surface area contributed by atoms with Gasteiger partial charge in [0.15, 0.2) is 0 Å². The third kappa shape index (κ3) is 0.837. The molecule has 0 unspecified atom stereocenters. The Labute approximate surface area is 47.9 Å². The summed E-state index contributed by atoms with van der Waals surface area (Å²) in [5.74, 6) is 0. The minimum atomic E-state index is -1.14. The van der Waals surface area contributed by atoms with Gasteiger partial charge in [-0.15, -0.1) is 0 Å². The third-order valence-corrected chi connectivity index (χ3v) is 1.81. The van der Waals surface area contributed by atoms with Crippen molar-refractivity contribution in [3.8, 4) is 0 Å². The summed E-state index contributed by atoms with van der Waals surface area (Å²) in [6, 6.07) is 0. The summed E-state index contributed by atoms with van der Waals surface area (Å²) in [4.78, 5) is 0. The van der Waals surface area contributed by atoms with E-state index in [-0.39, 0.29) is 12.8 Å². The van der Waals surface area contributed by atoms with Gasteiger partial charge in [-0.05, 0) is 6.42 Å². The van der Waals surface area contributed by atoms with Crippen LogP contribution in [0.2, 0.25) is 0 Å². The molecule has 0 heterocycles. The summed E-state index contributed by atoms with van der Waals surface area (Å²) in [5.41, 5.74) is -1.14. The molecule has 0 N–H and O–H groups in total. The molecule has 0 radical (unpaired) electrons. The second kappa shape index (κ2) is 1.67. The van der Waals surface area contributed by atoms with Crippen LogP contribution in [0.4, 0.5) is 8.78 Å². The largest absolute Gasteiger partial charge is 0.247 e. The van der Waals surface area contributed by atoms with Crippen LogP contribution < -0.4 is 0 Å². The third-order valence-electron chi connectivity index (χ3n) is 1.81. The van der Waals surface area contributed by atoms with Crippen molar-refractivity contribution in [2.45, 2.75) is 38.0 Å². The number of rotatable bonds is 1. The van der Waals surface area contributed by atoms with Crippen LogP contribution in [0, 0.1) is 0 Å². The van der Waals surface area contributed by atoms with Gasteiger partial charge in [-0.3, -0.25) is 0 Å². The lowest BCUT2D eigenvalue weighted by Crippen LogP contribution is -2.40. The molecule has 1 saturated carbocycles. The molecule has 1 fully saturated rings. The summed E-state index contributed by atoms with van der Waals surface area (Å²) in [6.07, 6.45) is -0.139. The molecule has 0 aliphatic heterocycles. The summed E-state index contributed by atoms with van der Waals surface area (Å²) >= 11 is 0. The molecule has 0 bridgehead atoms. The highest BCUT2D eigenvalue weighted by atomic mass is 19.2. The van der Waals surface area contributed by atoms with Gasteiger partial charge in [0, 0.05) is 12.8 Å². The van der Waals surface area contributed by atoms with Crippen LogP contribution in [0.3, 0.4) is 0 Å². The van der Waals surface area contributed by atoms with Gasteiger partial charge in [-0.1, -0.05) is 6.92 Å². The van der Waals surface area contributed by atoms with Crippen LogP contribution in [-0.2, 0) is 0 Å². The van der Waals surface area contributed by atoms with Crippen LogP contribution in [-0.4, -0.2) is 11.8 Å². The van der Waals surface area contributed by atoms with Crippen molar-refractivity contribution in [3.05, 3.63) is 0 Å². The maximum Gasteiger partial charge on any atom is 0.116 e.